The van der Waals surface area contributed by atoms with Gasteiger partial charge in [0.2, 0.25) is 0 Å². The molecular formula is C17H22BrN3O2S2. The average molecular weight is 444 g/mol. The third kappa shape index (κ3) is 3.22. The van der Waals surface area contributed by atoms with E-state index in [0.717, 1.165) is 54.4 Å². The quantitative estimate of drug-likeness (QED) is 0.704. The molecule has 0 aliphatic heterocycles. The standard InChI is InChI=1S/C17H22BrN3O2S2/c1-20-15-8-4-7-13(15)14(19-20)11-21(12-5-2-3-6-12)25(22,23)17-10-9-16(18)24-17/h9-10,12H,2-8,11H2,1H3. The summed E-state index contributed by atoms with van der Waals surface area (Å²) in [5.41, 5.74) is 3.49. The molecule has 2 aromatic rings. The lowest BCUT2D eigenvalue weighted by atomic mass is 10.2. The first kappa shape index (κ1) is 17.7. The van der Waals surface area contributed by atoms with E-state index in [0.29, 0.717) is 10.8 Å². The van der Waals surface area contributed by atoms with E-state index in [-0.39, 0.29) is 6.04 Å². The summed E-state index contributed by atoms with van der Waals surface area (Å²) in [6.07, 6.45) is 7.30. The van der Waals surface area contributed by atoms with Gasteiger partial charge in [-0.15, -0.1) is 11.3 Å². The third-order valence-electron chi connectivity index (χ3n) is 5.35. The van der Waals surface area contributed by atoms with E-state index in [1.54, 1.807) is 10.4 Å². The lowest BCUT2D eigenvalue weighted by molar-refractivity contribution is 0.312. The fourth-order valence-corrected chi connectivity index (χ4v) is 7.91. The molecule has 0 amide bonds. The molecule has 0 unspecified atom stereocenters. The smallest absolute Gasteiger partial charge is 0.253 e. The van der Waals surface area contributed by atoms with Crippen LogP contribution in [0.3, 0.4) is 0 Å². The van der Waals surface area contributed by atoms with Gasteiger partial charge in [-0.2, -0.15) is 9.40 Å². The summed E-state index contributed by atoms with van der Waals surface area (Å²) in [5.74, 6) is 0. The minimum Gasteiger partial charge on any atom is -0.272 e. The predicted molar refractivity (Wildman–Crippen MR) is 102 cm³/mol. The zero-order chi connectivity index (χ0) is 17.6. The summed E-state index contributed by atoms with van der Waals surface area (Å²) in [6.45, 7) is 0.395. The van der Waals surface area contributed by atoms with Crippen LogP contribution in [-0.4, -0.2) is 28.5 Å². The average Bonchev–Trinajstić information content (AvgIpc) is 3.32. The molecule has 2 aromatic heterocycles. The lowest BCUT2D eigenvalue weighted by Crippen LogP contribution is -2.38. The maximum Gasteiger partial charge on any atom is 0.253 e. The minimum atomic E-state index is -3.50. The first-order valence-corrected chi connectivity index (χ1v) is 11.8. The van der Waals surface area contributed by atoms with Crippen LogP contribution in [0.15, 0.2) is 20.1 Å². The topological polar surface area (TPSA) is 55.2 Å². The molecule has 4 rings (SSSR count). The Morgan fingerprint density at radius 3 is 2.72 bits per heavy atom. The third-order valence-corrected chi connectivity index (χ3v) is 9.34. The zero-order valence-electron chi connectivity index (χ0n) is 14.2. The van der Waals surface area contributed by atoms with Crippen molar-refractivity contribution in [2.45, 2.75) is 61.7 Å². The van der Waals surface area contributed by atoms with Crippen LogP contribution in [0, 0.1) is 0 Å². The van der Waals surface area contributed by atoms with Gasteiger partial charge in [-0.05, 0) is 65.7 Å². The van der Waals surface area contributed by atoms with Crippen molar-refractivity contribution < 1.29 is 8.42 Å². The molecule has 0 spiro atoms. The number of nitrogens with zero attached hydrogens (tertiary/aromatic N) is 3. The van der Waals surface area contributed by atoms with Gasteiger partial charge in [0, 0.05) is 18.8 Å². The molecule has 0 N–H and O–H groups in total. The molecular weight excluding hydrogens is 422 g/mol. The van der Waals surface area contributed by atoms with Gasteiger partial charge in [-0.25, -0.2) is 8.42 Å². The van der Waals surface area contributed by atoms with Crippen LogP contribution >= 0.6 is 27.3 Å². The van der Waals surface area contributed by atoms with Gasteiger partial charge in [0.25, 0.3) is 10.0 Å². The fraction of sp³-hybridized carbons (Fsp3) is 0.588. The Kier molecular flexibility index (Phi) is 4.81. The Bertz CT molecular complexity index is 882. The maximum atomic E-state index is 13.3. The van der Waals surface area contributed by atoms with Gasteiger partial charge in [-0.3, -0.25) is 4.68 Å². The Balaban J connectivity index is 1.71. The molecule has 2 heterocycles. The van der Waals surface area contributed by atoms with Gasteiger partial charge in [0.1, 0.15) is 4.21 Å². The van der Waals surface area contributed by atoms with Gasteiger partial charge in [0.15, 0.2) is 0 Å². The number of hydrogen-bond donors (Lipinski definition) is 0. The fourth-order valence-electron chi connectivity index (χ4n) is 4.13. The van der Waals surface area contributed by atoms with E-state index >= 15 is 0 Å². The SMILES string of the molecule is Cn1nc(CN(C2CCCC2)S(=O)(=O)c2ccc(Br)s2)c2c1CCC2. The summed E-state index contributed by atoms with van der Waals surface area (Å²) in [6, 6.07) is 3.60. The molecule has 5 nitrogen and oxygen atoms in total. The van der Waals surface area contributed by atoms with Gasteiger partial charge in [-0.1, -0.05) is 12.8 Å². The summed E-state index contributed by atoms with van der Waals surface area (Å²) in [4.78, 5) is 0. The second-order valence-electron chi connectivity index (χ2n) is 6.90. The first-order chi connectivity index (χ1) is 12.0. The van der Waals surface area contributed by atoms with E-state index < -0.39 is 10.0 Å². The highest BCUT2D eigenvalue weighted by atomic mass is 79.9. The maximum absolute atomic E-state index is 13.3. The number of thiophene rings is 1. The second kappa shape index (κ2) is 6.79. The number of aromatic nitrogens is 2. The van der Waals surface area contributed by atoms with Crippen LogP contribution in [0.4, 0.5) is 0 Å². The van der Waals surface area contributed by atoms with Gasteiger partial charge in [0.05, 0.1) is 16.0 Å². The molecule has 0 bridgehead atoms. The highest BCUT2D eigenvalue weighted by Gasteiger charge is 2.36. The van der Waals surface area contributed by atoms with Crippen LogP contribution in [0.25, 0.3) is 0 Å². The van der Waals surface area contributed by atoms with E-state index in [1.807, 2.05) is 17.8 Å². The predicted octanol–water partition coefficient (Wildman–Crippen LogP) is 3.87. The summed E-state index contributed by atoms with van der Waals surface area (Å²) >= 11 is 4.67. The van der Waals surface area contributed by atoms with Crippen molar-refractivity contribution >= 4 is 37.3 Å². The molecule has 25 heavy (non-hydrogen) atoms. The van der Waals surface area contributed by atoms with E-state index in [4.69, 9.17) is 0 Å². The Labute approximate surface area is 161 Å². The number of hydrogen-bond acceptors (Lipinski definition) is 4. The van der Waals surface area contributed by atoms with Crippen LogP contribution in [0.2, 0.25) is 0 Å². The van der Waals surface area contributed by atoms with Crippen molar-refractivity contribution in [2.24, 2.45) is 7.05 Å². The number of halogens is 1. The molecule has 136 valence electrons. The molecule has 1 saturated carbocycles. The molecule has 0 atom stereocenters. The van der Waals surface area contributed by atoms with Crippen molar-refractivity contribution in [3.63, 3.8) is 0 Å². The van der Waals surface area contributed by atoms with Crippen LogP contribution in [0.1, 0.15) is 49.1 Å². The lowest BCUT2D eigenvalue weighted by Gasteiger charge is -2.27. The number of fused-ring (bicyclic) bond motifs is 1. The Hall–Kier alpha value is -0.700. The number of sulfonamides is 1. The molecule has 0 radical (unpaired) electrons. The van der Waals surface area contributed by atoms with Gasteiger partial charge >= 0.3 is 0 Å². The Morgan fingerprint density at radius 2 is 2.04 bits per heavy atom. The normalized spacial score (nSPS) is 18.4. The largest absolute Gasteiger partial charge is 0.272 e. The monoisotopic (exact) mass is 443 g/mol. The van der Waals surface area contributed by atoms with Crippen molar-refractivity contribution in [3.8, 4) is 0 Å². The first-order valence-electron chi connectivity index (χ1n) is 8.77. The van der Waals surface area contributed by atoms with E-state index in [2.05, 4.69) is 21.0 Å². The second-order valence-corrected chi connectivity index (χ2v) is 11.5. The number of rotatable bonds is 5. The molecule has 0 aromatic carbocycles. The van der Waals surface area contributed by atoms with Crippen molar-refractivity contribution in [1.29, 1.82) is 0 Å². The highest BCUT2D eigenvalue weighted by Crippen LogP contribution is 2.35. The zero-order valence-corrected chi connectivity index (χ0v) is 17.5. The summed E-state index contributed by atoms with van der Waals surface area (Å²) in [5, 5.41) is 4.66. The van der Waals surface area contributed by atoms with Crippen LogP contribution in [-0.2, 0) is 36.5 Å². The van der Waals surface area contributed by atoms with Crippen LogP contribution in [0.5, 0.6) is 0 Å². The minimum absolute atomic E-state index is 0.0879. The number of aryl methyl sites for hydroxylation is 1. The van der Waals surface area contributed by atoms with E-state index in [9.17, 15) is 8.42 Å². The van der Waals surface area contributed by atoms with Crippen molar-refractivity contribution in [1.82, 2.24) is 14.1 Å². The summed E-state index contributed by atoms with van der Waals surface area (Å²) < 4.78 is 31.6. The molecule has 2 aliphatic rings. The highest BCUT2D eigenvalue weighted by molar-refractivity contribution is 9.11. The van der Waals surface area contributed by atoms with Gasteiger partial charge < -0.3 is 0 Å². The molecule has 2 aliphatic carbocycles. The molecule has 1 fully saturated rings. The van der Waals surface area contributed by atoms with E-state index in [1.165, 1.54) is 22.6 Å². The van der Waals surface area contributed by atoms with Crippen LogP contribution < -0.4 is 0 Å². The Morgan fingerprint density at radius 1 is 1.28 bits per heavy atom. The van der Waals surface area contributed by atoms with Crippen molar-refractivity contribution in [2.75, 3.05) is 0 Å². The molecule has 0 saturated heterocycles. The molecule has 8 heteroatoms. The summed E-state index contributed by atoms with van der Waals surface area (Å²) in [7, 11) is -1.53. The van der Waals surface area contributed by atoms with Crippen molar-refractivity contribution in [3.05, 3.63) is 32.9 Å².